The van der Waals surface area contributed by atoms with Gasteiger partial charge >= 0.3 is 0 Å². The Labute approximate surface area is 185 Å². The third-order valence-electron chi connectivity index (χ3n) is 4.55. The van der Waals surface area contributed by atoms with Gasteiger partial charge < -0.3 is 25.1 Å². The highest BCUT2D eigenvalue weighted by Crippen LogP contribution is 2.23. The molecule has 3 N–H and O–H groups in total. The molecule has 2 unspecified atom stereocenters. The summed E-state index contributed by atoms with van der Waals surface area (Å²) in [6, 6.07) is 14.2. The number of hydrogen-bond acceptors (Lipinski definition) is 4. The van der Waals surface area contributed by atoms with E-state index in [1.165, 1.54) is 5.69 Å². The Morgan fingerprint density at radius 1 is 1.21 bits per heavy atom. The summed E-state index contributed by atoms with van der Waals surface area (Å²) in [7, 11) is 2.08. The van der Waals surface area contributed by atoms with E-state index < -0.39 is 5.60 Å². The molecule has 0 amide bonds. The number of rotatable bonds is 8. The summed E-state index contributed by atoms with van der Waals surface area (Å²) < 4.78 is 5.55. The molecule has 0 saturated heterocycles. The van der Waals surface area contributed by atoms with E-state index in [0.717, 1.165) is 18.8 Å². The molecule has 0 aliphatic carbocycles. The van der Waals surface area contributed by atoms with Gasteiger partial charge in [0.25, 0.3) is 0 Å². The number of benzene rings is 1. The Bertz CT molecular complexity index is 731. The van der Waals surface area contributed by atoms with Crippen molar-refractivity contribution in [2.45, 2.75) is 39.3 Å². The van der Waals surface area contributed by atoms with Gasteiger partial charge in [-0.2, -0.15) is 0 Å². The third-order valence-corrected chi connectivity index (χ3v) is 4.55. The fourth-order valence-corrected chi connectivity index (χ4v) is 2.68. The molecule has 1 heterocycles. The van der Waals surface area contributed by atoms with E-state index in [4.69, 9.17) is 4.42 Å². The predicted molar refractivity (Wildman–Crippen MR) is 127 cm³/mol. The standard InChI is InChI=1S/C21H32N4O2.HI/c1-6-22-20(24-15-21(4,26)19-13-12-17(3)27-19)23-14-16(2)25(5)18-10-8-7-9-11-18;/h7-13,16,26H,6,14-15H2,1-5H3,(H2,22,23,24);1H. The molecule has 156 valence electrons. The summed E-state index contributed by atoms with van der Waals surface area (Å²) in [6.07, 6.45) is 0. The first-order valence-corrected chi connectivity index (χ1v) is 9.43. The Balaban J connectivity index is 0.00000392. The largest absolute Gasteiger partial charge is 0.463 e. The van der Waals surface area contributed by atoms with Gasteiger partial charge in [0, 0.05) is 31.9 Å². The van der Waals surface area contributed by atoms with Gasteiger partial charge in [0.15, 0.2) is 5.96 Å². The number of furan rings is 1. The maximum Gasteiger partial charge on any atom is 0.191 e. The number of nitrogens with one attached hydrogen (secondary N) is 2. The number of nitrogens with zero attached hydrogens (tertiary/aromatic N) is 2. The normalized spacial score (nSPS) is 14.6. The van der Waals surface area contributed by atoms with E-state index in [1.807, 2.05) is 38.1 Å². The quantitative estimate of drug-likeness (QED) is 0.294. The summed E-state index contributed by atoms with van der Waals surface area (Å²) in [5, 5.41) is 17.2. The van der Waals surface area contributed by atoms with Crippen LogP contribution in [0.4, 0.5) is 5.69 Å². The summed E-state index contributed by atoms with van der Waals surface area (Å²) >= 11 is 0. The van der Waals surface area contributed by atoms with E-state index >= 15 is 0 Å². The molecule has 0 bridgehead atoms. The average molecular weight is 500 g/mol. The highest BCUT2D eigenvalue weighted by molar-refractivity contribution is 14.0. The van der Waals surface area contributed by atoms with Gasteiger partial charge in [-0.3, -0.25) is 0 Å². The van der Waals surface area contributed by atoms with Gasteiger partial charge in [-0.25, -0.2) is 4.99 Å². The van der Waals surface area contributed by atoms with E-state index in [0.29, 0.717) is 11.7 Å². The van der Waals surface area contributed by atoms with Crippen molar-refractivity contribution in [1.82, 2.24) is 10.6 Å². The van der Waals surface area contributed by atoms with Crippen molar-refractivity contribution in [3.8, 4) is 0 Å². The van der Waals surface area contributed by atoms with Crippen LogP contribution in [0.2, 0.25) is 0 Å². The molecular weight excluding hydrogens is 467 g/mol. The topological polar surface area (TPSA) is 73.0 Å². The molecule has 0 spiro atoms. The van der Waals surface area contributed by atoms with Crippen LogP contribution >= 0.6 is 24.0 Å². The van der Waals surface area contributed by atoms with Crippen molar-refractivity contribution >= 4 is 35.6 Å². The zero-order valence-electron chi connectivity index (χ0n) is 17.4. The summed E-state index contributed by atoms with van der Waals surface area (Å²) in [6.45, 7) is 9.42. The molecule has 0 radical (unpaired) electrons. The van der Waals surface area contributed by atoms with Crippen molar-refractivity contribution in [2.24, 2.45) is 4.99 Å². The van der Waals surface area contributed by atoms with E-state index in [9.17, 15) is 5.11 Å². The highest BCUT2D eigenvalue weighted by Gasteiger charge is 2.26. The molecule has 0 fully saturated rings. The van der Waals surface area contributed by atoms with Crippen LogP contribution in [0.5, 0.6) is 0 Å². The molecule has 7 heteroatoms. The molecule has 0 aliphatic heterocycles. The van der Waals surface area contributed by atoms with Crippen LogP contribution in [-0.2, 0) is 5.60 Å². The van der Waals surface area contributed by atoms with E-state index in [-0.39, 0.29) is 36.6 Å². The molecule has 1 aromatic carbocycles. The van der Waals surface area contributed by atoms with Crippen LogP contribution in [0.3, 0.4) is 0 Å². The Morgan fingerprint density at radius 2 is 1.89 bits per heavy atom. The molecule has 2 atom stereocenters. The SMILES string of the molecule is CCNC(=NCC(C)(O)c1ccc(C)o1)NCC(C)N(C)c1ccccc1.I. The highest BCUT2D eigenvalue weighted by atomic mass is 127. The number of para-hydroxylation sites is 1. The van der Waals surface area contributed by atoms with Crippen molar-refractivity contribution in [1.29, 1.82) is 0 Å². The van der Waals surface area contributed by atoms with Crippen LogP contribution < -0.4 is 15.5 Å². The monoisotopic (exact) mass is 500 g/mol. The number of aliphatic imine (C=N–C) groups is 1. The number of aryl methyl sites for hydroxylation is 1. The van der Waals surface area contributed by atoms with Gasteiger partial charge in [-0.05, 0) is 52.0 Å². The molecule has 28 heavy (non-hydrogen) atoms. The lowest BCUT2D eigenvalue weighted by atomic mass is 10.0. The number of anilines is 1. The minimum Gasteiger partial charge on any atom is -0.463 e. The minimum absolute atomic E-state index is 0. The fraction of sp³-hybridized carbons (Fsp3) is 0.476. The first kappa shape index (κ1) is 24.3. The zero-order valence-corrected chi connectivity index (χ0v) is 19.7. The number of halogens is 1. The van der Waals surface area contributed by atoms with Crippen molar-refractivity contribution < 1.29 is 9.52 Å². The van der Waals surface area contributed by atoms with Crippen LogP contribution in [0.25, 0.3) is 0 Å². The summed E-state index contributed by atoms with van der Waals surface area (Å²) in [5.74, 6) is 1.98. The van der Waals surface area contributed by atoms with Gasteiger partial charge in [-0.15, -0.1) is 24.0 Å². The van der Waals surface area contributed by atoms with Gasteiger partial charge in [0.1, 0.15) is 17.1 Å². The van der Waals surface area contributed by atoms with Gasteiger partial charge in [0.05, 0.1) is 6.54 Å². The second-order valence-corrected chi connectivity index (χ2v) is 7.06. The van der Waals surface area contributed by atoms with E-state index in [1.54, 1.807) is 13.0 Å². The Hall–Kier alpha value is -1.74. The van der Waals surface area contributed by atoms with Gasteiger partial charge in [-0.1, -0.05) is 18.2 Å². The molecule has 1 aromatic heterocycles. The smallest absolute Gasteiger partial charge is 0.191 e. The van der Waals surface area contributed by atoms with Crippen molar-refractivity contribution in [3.05, 3.63) is 54.0 Å². The third kappa shape index (κ3) is 7.01. The number of aliphatic hydroxyl groups is 1. The predicted octanol–water partition coefficient (Wildman–Crippen LogP) is 3.49. The van der Waals surface area contributed by atoms with Crippen LogP contribution in [0.1, 0.15) is 32.3 Å². The maximum atomic E-state index is 10.7. The van der Waals surface area contributed by atoms with Crippen LogP contribution in [-0.4, -0.2) is 43.8 Å². The van der Waals surface area contributed by atoms with E-state index in [2.05, 4.69) is 46.6 Å². The lowest BCUT2D eigenvalue weighted by Crippen LogP contribution is -2.45. The first-order chi connectivity index (χ1) is 12.8. The lowest BCUT2D eigenvalue weighted by molar-refractivity contribution is 0.0428. The molecule has 2 aromatic rings. The van der Waals surface area contributed by atoms with Gasteiger partial charge in [0.2, 0.25) is 0 Å². The molecule has 0 saturated carbocycles. The van der Waals surface area contributed by atoms with Crippen LogP contribution in [0.15, 0.2) is 51.9 Å². The second-order valence-electron chi connectivity index (χ2n) is 7.06. The van der Waals surface area contributed by atoms with Crippen molar-refractivity contribution in [3.63, 3.8) is 0 Å². The fourth-order valence-electron chi connectivity index (χ4n) is 2.68. The Morgan fingerprint density at radius 3 is 2.46 bits per heavy atom. The summed E-state index contributed by atoms with van der Waals surface area (Å²) in [4.78, 5) is 6.76. The molecule has 2 rings (SSSR count). The summed E-state index contributed by atoms with van der Waals surface area (Å²) in [5.41, 5.74) is 0.0214. The lowest BCUT2D eigenvalue weighted by Gasteiger charge is -2.28. The second kappa shape index (κ2) is 11.3. The first-order valence-electron chi connectivity index (χ1n) is 9.43. The molecule has 0 aliphatic rings. The molecular formula is C21H33IN4O2. The van der Waals surface area contributed by atoms with Crippen molar-refractivity contribution in [2.75, 3.05) is 31.6 Å². The Kier molecular flexibility index (Phi) is 9.81. The number of guanidine groups is 1. The van der Waals surface area contributed by atoms with Crippen LogP contribution in [0, 0.1) is 6.92 Å². The average Bonchev–Trinajstić information content (AvgIpc) is 3.11. The molecule has 6 nitrogen and oxygen atoms in total. The maximum absolute atomic E-state index is 10.7. The minimum atomic E-state index is -1.15. The number of hydrogen-bond donors (Lipinski definition) is 3. The number of likely N-dealkylation sites (N-methyl/N-ethyl adjacent to an activating group) is 1. The zero-order chi connectivity index (χ0) is 19.9.